The SMILES string of the molecule is COc1ccc(C(C)Nc2nc(Cl)nc(C)c2C)cc1. The molecule has 1 N–H and O–H groups in total. The van der Waals surface area contributed by atoms with Crippen LogP contribution < -0.4 is 10.1 Å². The van der Waals surface area contributed by atoms with Crippen molar-refractivity contribution in [3.8, 4) is 5.75 Å². The number of hydrogen-bond donors (Lipinski definition) is 1. The Hall–Kier alpha value is -1.81. The lowest BCUT2D eigenvalue weighted by atomic mass is 10.1. The summed E-state index contributed by atoms with van der Waals surface area (Å²) in [5.74, 6) is 1.61. The fraction of sp³-hybridized carbons (Fsp3) is 0.333. The highest BCUT2D eigenvalue weighted by molar-refractivity contribution is 6.28. The number of ether oxygens (including phenoxy) is 1. The Kier molecular flexibility index (Phi) is 4.45. The molecule has 2 rings (SSSR count). The lowest BCUT2D eigenvalue weighted by Gasteiger charge is -2.17. The maximum Gasteiger partial charge on any atom is 0.224 e. The van der Waals surface area contributed by atoms with Gasteiger partial charge in [0.2, 0.25) is 5.28 Å². The second kappa shape index (κ2) is 6.09. The first-order chi connectivity index (χ1) is 9.51. The number of benzene rings is 1. The largest absolute Gasteiger partial charge is 0.497 e. The van der Waals surface area contributed by atoms with E-state index in [2.05, 4.69) is 22.2 Å². The van der Waals surface area contributed by atoms with Gasteiger partial charge in [0.15, 0.2) is 0 Å². The second-order valence-electron chi connectivity index (χ2n) is 4.69. The predicted octanol–water partition coefficient (Wildman–Crippen LogP) is 3.93. The van der Waals surface area contributed by atoms with E-state index in [1.807, 2.05) is 38.1 Å². The lowest BCUT2D eigenvalue weighted by molar-refractivity contribution is 0.414. The number of methoxy groups -OCH3 is 1. The van der Waals surface area contributed by atoms with Crippen LogP contribution in [0.15, 0.2) is 24.3 Å². The molecule has 1 atom stereocenters. The van der Waals surface area contributed by atoms with Crippen LogP contribution >= 0.6 is 11.6 Å². The van der Waals surface area contributed by atoms with Crippen LogP contribution in [0, 0.1) is 13.8 Å². The van der Waals surface area contributed by atoms with Crippen LogP contribution in [0.25, 0.3) is 0 Å². The summed E-state index contributed by atoms with van der Waals surface area (Å²) in [6, 6.07) is 8.06. The van der Waals surface area contributed by atoms with Crippen LogP contribution in [0.1, 0.15) is 29.8 Å². The highest BCUT2D eigenvalue weighted by atomic mass is 35.5. The van der Waals surface area contributed by atoms with Gasteiger partial charge in [0.1, 0.15) is 11.6 Å². The van der Waals surface area contributed by atoms with Crippen molar-refractivity contribution in [2.45, 2.75) is 26.8 Å². The van der Waals surface area contributed by atoms with Crippen LogP contribution in [0.5, 0.6) is 5.75 Å². The normalized spacial score (nSPS) is 12.1. The summed E-state index contributed by atoms with van der Waals surface area (Å²) in [7, 11) is 1.66. The van der Waals surface area contributed by atoms with Gasteiger partial charge >= 0.3 is 0 Å². The van der Waals surface area contributed by atoms with E-state index in [9.17, 15) is 0 Å². The van der Waals surface area contributed by atoms with Gasteiger partial charge in [-0.05, 0) is 50.1 Å². The maximum absolute atomic E-state index is 5.91. The number of nitrogens with zero attached hydrogens (tertiary/aromatic N) is 2. The first kappa shape index (κ1) is 14.6. The molecule has 0 fully saturated rings. The van der Waals surface area contributed by atoms with Gasteiger partial charge in [0.25, 0.3) is 0 Å². The Morgan fingerprint density at radius 3 is 2.40 bits per heavy atom. The predicted molar refractivity (Wildman–Crippen MR) is 81.5 cm³/mol. The zero-order valence-corrected chi connectivity index (χ0v) is 12.8. The smallest absolute Gasteiger partial charge is 0.224 e. The van der Waals surface area contributed by atoms with Crippen molar-refractivity contribution in [3.63, 3.8) is 0 Å². The average Bonchev–Trinajstić information content (AvgIpc) is 2.44. The Morgan fingerprint density at radius 2 is 1.80 bits per heavy atom. The zero-order chi connectivity index (χ0) is 14.7. The number of rotatable bonds is 4. The highest BCUT2D eigenvalue weighted by Crippen LogP contribution is 2.24. The third-order valence-electron chi connectivity index (χ3n) is 3.33. The van der Waals surface area contributed by atoms with Crippen molar-refractivity contribution in [3.05, 3.63) is 46.4 Å². The third kappa shape index (κ3) is 3.20. The number of anilines is 1. The summed E-state index contributed by atoms with van der Waals surface area (Å²) in [4.78, 5) is 8.39. The molecule has 0 bridgehead atoms. The van der Waals surface area contributed by atoms with Crippen LogP contribution in [-0.4, -0.2) is 17.1 Å². The fourth-order valence-corrected chi connectivity index (χ4v) is 2.13. The standard InChI is InChI=1S/C15H18ClN3O/c1-9-10(2)18-15(16)19-14(9)17-11(3)12-5-7-13(20-4)8-6-12/h5-8,11H,1-4H3,(H,17,18,19). The molecule has 2 aromatic rings. The fourth-order valence-electron chi connectivity index (χ4n) is 1.92. The van der Waals surface area contributed by atoms with E-state index in [4.69, 9.17) is 16.3 Å². The van der Waals surface area contributed by atoms with Gasteiger partial charge in [-0.15, -0.1) is 0 Å². The van der Waals surface area contributed by atoms with Crippen LogP contribution in [0.3, 0.4) is 0 Å². The van der Waals surface area contributed by atoms with Crippen molar-refractivity contribution in [2.24, 2.45) is 0 Å². The molecule has 1 aromatic carbocycles. The Labute approximate surface area is 124 Å². The average molecular weight is 292 g/mol. The number of aromatic nitrogens is 2. The quantitative estimate of drug-likeness (QED) is 0.867. The van der Waals surface area contributed by atoms with Gasteiger partial charge in [-0.2, -0.15) is 0 Å². The topological polar surface area (TPSA) is 47.0 Å². The second-order valence-corrected chi connectivity index (χ2v) is 5.03. The highest BCUT2D eigenvalue weighted by Gasteiger charge is 2.11. The summed E-state index contributed by atoms with van der Waals surface area (Å²) in [6.45, 7) is 5.98. The number of aryl methyl sites for hydroxylation is 1. The first-order valence-electron chi connectivity index (χ1n) is 6.42. The first-order valence-corrected chi connectivity index (χ1v) is 6.80. The molecular formula is C15H18ClN3O. The van der Waals surface area contributed by atoms with Crippen molar-refractivity contribution >= 4 is 17.4 Å². The molecule has 1 heterocycles. The van der Waals surface area contributed by atoms with Gasteiger partial charge in [-0.1, -0.05) is 12.1 Å². The molecule has 1 aromatic heterocycles. The molecule has 4 nitrogen and oxygen atoms in total. The number of halogens is 1. The number of nitrogens with one attached hydrogen (secondary N) is 1. The molecule has 0 saturated carbocycles. The molecule has 0 saturated heterocycles. The molecule has 0 spiro atoms. The maximum atomic E-state index is 5.91. The van der Waals surface area contributed by atoms with Crippen LogP contribution in [0.4, 0.5) is 5.82 Å². The van der Waals surface area contributed by atoms with Crippen molar-refractivity contribution in [2.75, 3.05) is 12.4 Å². The minimum atomic E-state index is 0.116. The summed E-state index contributed by atoms with van der Waals surface area (Å²) in [5.41, 5.74) is 3.04. The molecule has 0 aliphatic carbocycles. The summed E-state index contributed by atoms with van der Waals surface area (Å²) in [6.07, 6.45) is 0. The minimum absolute atomic E-state index is 0.116. The molecule has 5 heteroatoms. The monoisotopic (exact) mass is 291 g/mol. The van der Waals surface area contributed by atoms with E-state index in [0.717, 1.165) is 28.4 Å². The van der Waals surface area contributed by atoms with Crippen molar-refractivity contribution in [1.29, 1.82) is 0 Å². The Balaban J connectivity index is 2.20. The van der Waals surface area contributed by atoms with Gasteiger partial charge in [0.05, 0.1) is 7.11 Å². The molecule has 0 aliphatic rings. The lowest BCUT2D eigenvalue weighted by Crippen LogP contribution is -2.10. The molecule has 0 radical (unpaired) electrons. The molecule has 1 unspecified atom stereocenters. The molecule has 106 valence electrons. The zero-order valence-electron chi connectivity index (χ0n) is 12.1. The minimum Gasteiger partial charge on any atom is -0.497 e. The molecular weight excluding hydrogens is 274 g/mol. The van der Waals surface area contributed by atoms with Gasteiger partial charge in [-0.3, -0.25) is 0 Å². The molecule has 0 amide bonds. The van der Waals surface area contributed by atoms with Gasteiger partial charge in [-0.25, -0.2) is 9.97 Å². The van der Waals surface area contributed by atoms with Crippen LogP contribution in [0.2, 0.25) is 5.28 Å². The van der Waals surface area contributed by atoms with E-state index in [1.165, 1.54) is 0 Å². The Bertz CT molecular complexity index is 599. The molecule has 0 aliphatic heterocycles. The van der Waals surface area contributed by atoms with E-state index in [1.54, 1.807) is 7.11 Å². The van der Waals surface area contributed by atoms with Crippen molar-refractivity contribution in [1.82, 2.24) is 9.97 Å². The van der Waals surface area contributed by atoms with Crippen molar-refractivity contribution < 1.29 is 4.74 Å². The van der Waals surface area contributed by atoms with E-state index >= 15 is 0 Å². The summed E-state index contributed by atoms with van der Waals surface area (Å²) < 4.78 is 5.16. The van der Waals surface area contributed by atoms with E-state index in [0.29, 0.717) is 0 Å². The molecule has 20 heavy (non-hydrogen) atoms. The van der Waals surface area contributed by atoms with Crippen LogP contribution in [-0.2, 0) is 0 Å². The summed E-state index contributed by atoms with van der Waals surface area (Å²) >= 11 is 5.91. The summed E-state index contributed by atoms with van der Waals surface area (Å²) in [5, 5.41) is 3.63. The number of hydrogen-bond acceptors (Lipinski definition) is 4. The third-order valence-corrected chi connectivity index (χ3v) is 3.50. The van der Waals surface area contributed by atoms with Gasteiger partial charge in [0, 0.05) is 17.3 Å². The van der Waals surface area contributed by atoms with E-state index in [-0.39, 0.29) is 11.3 Å². The van der Waals surface area contributed by atoms with Gasteiger partial charge < -0.3 is 10.1 Å². The van der Waals surface area contributed by atoms with E-state index < -0.39 is 0 Å². The Morgan fingerprint density at radius 1 is 1.15 bits per heavy atom.